The van der Waals surface area contributed by atoms with Crippen LogP contribution in [-0.4, -0.2) is 12.0 Å². The third-order valence-corrected chi connectivity index (χ3v) is 3.79. The van der Waals surface area contributed by atoms with Gasteiger partial charge in [0.15, 0.2) is 0 Å². The molecular formula is C19H26N2. The molecule has 1 aromatic carbocycles. The maximum atomic E-state index is 4.60. The van der Waals surface area contributed by atoms with Gasteiger partial charge in [0.1, 0.15) is 0 Å². The average molecular weight is 282 g/mol. The largest absolute Gasteiger partial charge is 0.309 e. The van der Waals surface area contributed by atoms with Gasteiger partial charge in [0, 0.05) is 11.4 Å². The lowest BCUT2D eigenvalue weighted by Gasteiger charge is -2.20. The van der Waals surface area contributed by atoms with Crippen LogP contribution < -0.4 is 5.32 Å². The smallest absolute Gasteiger partial charge is 0.0592 e. The fourth-order valence-electron chi connectivity index (χ4n) is 2.88. The first-order valence-electron chi connectivity index (χ1n) is 7.71. The fourth-order valence-corrected chi connectivity index (χ4v) is 2.88. The summed E-state index contributed by atoms with van der Waals surface area (Å²) in [6, 6.07) is 13.4. The number of pyridine rings is 1. The zero-order chi connectivity index (χ0) is 15.4. The summed E-state index contributed by atoms with van der Waals surface area (Å²) in [6.07, 6.45) is 1.12. The number of aryl methyl sites for hydroxylation is 2. The highest BCUT2D eigenvalue weighted by atomic mass is 14.9. The summed E-state index contributed by atoms with van der Waals surface area (Å²) in [5.74, 6) is 0.677. The molecule has 1 heterocycles. The van der Waals surface area contributed by atoms with Crippen LogP contribution in [0.2, 0.25) is 0 Å². The van der Waals surface area contributed by atoms with Crippen LogP contribution in [-0.2, 0) is 6.42 Å². The highest BCUT2D eigenvalue weighted by molar-refractivity contribution is 5.36. The van der Waals surface area contributed by atoms with E-state index >= 15 is 0 Å². The predicted octanol–water partition coefficient (Wildman–Crippen LogP) is 4.21. The van der Waals surface area contributed by atoms with E-state index in [1.807, 2.05) is 14.0 Å². The van der Waals surface area contributed by atoms with Gasteiger partial charge in [-0.2, -0.15) is 0 Å². The number of aromatic nitrogens is 1. The first-order chi connectivity index (χ1) is 10.0. The van der Waals surface area contributed by atoms with Crippen LogP contribution in [0.25, 0.3) is 0 Å². The van der Waals surface area contributed by atoms with Gasteiger partial charge in [-0.25, -0.2) is 0 Å². The minimum absolute atomic E-state index is 0.199. The second-order valence-electron chi connectivity index (χ2n) is 6.19. The van der Waals surface area contributed by atoms with Crippen molar-refractivity contribution in [1.29, 1.82) is 0 Å². The molecule has 0 amide bonds. The van der Waals surface area contributed by atoms with Crippen molar-refractivity contribution in [3.05, 3.63) is 64.5 Å². The standard InChI is InChI=1S/C19H26N2/c1-13(2)11-16-7-6-8-17(12-16)19(20-5)18-10-9-14(3)21-15(18)4/h6-10,12-13,19-20H,11H2,1-5H3. The van der Waals surface area contributed by atoms with E-state index in [-0.39, 0.29) is 6.04 Å². The van der Waals surface area contributed by atoms with Gasteiger partial charge >= 0.3 is 0 Å². The maximum Gasteiger partial charge on any atom is 0.0592 e. The normalized spacial score (nSPS) is 12.7. The molecular weight excluding hydrogens is 256 g/mol. The number of rotatable bonds is 5. The number of nitrogens with zero attached hydrogens (tertiary/aromatic N) is 1. The van der Waals surface area contributed by atoms with Crippen LogP contribution in [0, 0.1) is 19.8 Å². The molecule has 0 spiro atoms. The quantitative estimate of drug-likeness (QED) is 0.888. The number of hydrogen-bond donors (Lipinski definition) is 1. The van der Waals surface area contributed by atoms with Crippen molar-refractivity contribution in [2.24, 2.45) is 5.92 Å². The highest BCUT2D eigenvalue weighted by Crippen LogP contribution is 2.25. The van der Waals surface area contributed by atoms with Crippen molar-refractivity contribution in [3.8, 4) is 0 Å². The van der Waals surface area contributed by atoms with Crippen molar-refractivity contribution >= 4 is 0 Å². The van der Waals surface area contributed by atoms with Crippen LogP contribution in [0.15, 0.2) is 36.4 Å². The third kappa shape index (κ3) is 3.92. The lowest BCUT2D eigenvalue weighted by molar-refractivity contribution is 0.642. The predicted molar refractivity (Wildman–Crippen MR) is 89.6 cm³/mol. The second-order valence-corrected chi connectivity index (χ2v) is 6.19. The lowest BCUT2D eigenvalue weighted by Crippen LogP contribution is -2.19. The molecule has 21 heavy (non-hydrogen) atoms. The topological polar surface area (TPSA) is 24.9 Å². The van der Waals surface area contributed by atoms with Gasteiger partial charge in [0.2, 0.25) is 0 Å². The molecule has 1 unspecified atom stereocenters. The minimum Gasteiger partial charge on any atom is -0.309 e. The summed E-state index contributed by atoms with van der Waals surface area (Å²) in [4.78, 5) is 4.60. The van der Waals surface area contributed by atoms with Crippen molar-refractivity contribution < 1.29 is 0 Å². The molecule has 1 N–H and O–H groups in total. The molecule has 0 radical (unpaired) electrons. The Morgan fingerprint density at radius 3 is 2.48 bits per heavy atom. The molecule has 2 rings (SSSR count). The minimum atomic E-state index is 0.199. The zero-order valence-corrected chi connectivity index (χ0v) is 13.8. The fraction of sp³-hybridized carbons (Fsp3) is 0.421. The van der Waals surface area contributed by atoms with Crippen LogP contribution in [0.3, 0.4) is 0 Å². The second kappa shape index (κ2) is 6.86. The maximum absolute atomic E-state index is 4.60. The van der Waals surface area contributed by atoms with Crippen LogP contribution in [0.4, 0.5) is 0 Å². The Kier molecular flexibility index (Phi) is 5.13. The summed E-state index contributed by atoms with van der Waals surface area (Å²) >= 11 is 0. The van der Waals surface area contributed by atoms with Crippen molar-refractivity contribution in [2.75, 3.05) is 7.05 Å². The summed E-state index contributed by atoms with van der Waals surface area (Å²) in [5, 5.41) is 3.44. The monoisotopic (exact) mass is 282 g/mol. The highest BCUT2D eigenvalue weighted by Gasteiger charge is 2.15. The van der Waals surface area contributed by atoms with Gasteiger partial charge in [-0.3, -0.25) is 4.98 Å². The van der Waals surface area contributed by atoms with Gasteiger partial charge in [-0.15, -0.1) is 0 Å². The number of hydrogen-bond acceptors (Lipinski definition) is 2. The summed E-state index contributed by atoms with van der Waals surface area (Å²) in [7, 11) is 2.01. The number of nitrogens with one attached hydrogen (secondary N) is 1. The van der Waals surface area contributed by atoms with Gasteiger partial charge in [-0.1, -0.05) is 44.2 Å². The Hall–Kier alpha value is -1.67. The van der Waals surface area contributed by atoms with E-state index in [9.17, 15) is 0 Å². The molecule has 0 aliphatic rings. The Morgan fingerprint density at radius 1 is 1.10 bits per heavy atom. The van der Waals surface area contributed by atoms with Crippen LogP contribution >= 0.6 is 0 Å². The molecule has 2 heteroatoms. The van der Waals surface area contributed by atoms with Gasteiger partial charge in [0.05, 0.1) is 6.04 Å². The van der Waals surface area contributed by atoms with E-state index in [1.165, 1.54) is 16.7 Å². The molecule has 0 saturated carbocycles. The van der Waals surface area contributed by atoms with E-state index < -0.39 is 0 Å². The lowest BCUT2D eigenvalue weighted by atomic mass is 9.94. The van der Waals surface area contributed by atoms with Gasteiger partial charge in [-0.05, 0) is 56.0 Å². The summed E-state index contributed by atoms with van der Waals surface area (Å²) in [5.41, 5.74) is 6.14. The van der Waals surface area contributed by atoms with Crippen molar-refractivity contribution in [1.82, 2.24) is 10.3 Å². The molecule has 0 fully saturated rings. The van der Waals surface area contributed by atoms with Crippen LogP contribution in [0.5, 0.6) is 0 Å². The van der Waals surface area contributed by atoms with Gasteiger partial charge < -0.3 is 5.32 Å². The Morgan fingerprint density at radius 2 is 1.86 bits per heavy atom. The molecule has 2 aromatic rings. The molecule has 0 saturated heterocycles. The SMILES string of the molecule is CNC(c1cccc(CC(C)C)c1)c1ccc(C)nc1C. The summed E-state index contributed by atoms with van der Waals surface area (Å²) < 4.78 is 0. The van der Waals surface area contributed by atoms with E-state index in [0.29, 0.717) is 5.92 Å². The van der Waals surface area contributed by atoms with Crippen molar-refractivity contribution in [3.63, 3.8) is 0 Å². The third-order valence-electron chi connectivity index (χ3n) is 3.79. The Bertz CT molecular complexity index is 602. The molecule has 1 atom stereocenters. The molecule has 0 bridgehead atoms. The van der Waals surface area contributed by atoms with Crippen LogP contribution in [0.1, 0.15) is 48.0 Å². The van der Waals surface area contributed by atoms with Crippen molar-refractivity contribution in [2.45, 2.75) is 40.2 Å². The molecule has 0 aliphatic heterocycles. The average Bonchev–Trinajstić information content (AvgIpc) is 2.41. The van der Waals surface area contributed by atoms with E-state index in [2.05, 4.69) is 67.5 Å². The first kappa shape index (κ1) is 15.7. The van der Waals surface area contributed by atoms with E-state index in [0.717, 1.165) is 17.8 Å². The molecule has 112 valence electrons. The van der Waals surface area contributed by atoms with E-state index in [1.54, 1.807) is 0 Å². The Balaban J connectivity index is 2.37. The summed E-state index contributed by atoms with van der Waals surface area (Å²) in [6.45, 7) is 8.64. The Labute approximate surface area is 128 Å². The first-order valence-corrected chi connectivity index (χ1v) is 7.71. The van der Waals surface area contributed by atoms with Gasteiger partial charge in [0.25, 0.3) is 0 Å². The molecule has 0 aliphatic carbocycles. The molecule has 1 aromatic heterocycles. The number of benzene rings is 1. The zero-order valence-electron chi connectivity index (χ0n) is 13.8. The molecule has 2 nitrogen and oxygen atoms in total. The van der Waals surface area contributed by atoms with E-state index in [4.69, 9.17) is 0 Å².